The topological polar surface area (TPSA) is 32.3 Å². The average molecular weight is 212 g/mol. The molecule has 1 fully saturated rings. The molecule has 0 bridgehead atoms. The van der Waals surface area contributed by atoms with Gasteiger partial charge in [-0.15, -0.1) is 0 Å². The summed E-state index contributed by atoms with van der Waals surface area (Å²) < 4.78 is 0. The number of hydrogen-bond donors (Lipinski definition) is 2. The van der Waals surface area contributed by atoms with Crippen LogP contribution in [0.2, 0.25) is 5.02 Å². The third-order valence-electron chi connectivity index (χ3n) is 2.76. The molecule has 1 saturated heterocycles. The predicted molar refractivity (Wildman–Crippen MR) is 57.7 cm³/mol. The maximum Gasteiger partial charge on any atom is 0.0584 e. The average Bonchev–Trinajstić information content (AvgIpc) is 2.66. The van der Waals surface area contributed by atoms with E-state index in [1.54, 1.807) is 0 Å². The Hall–Kier alpha value is -0.570. The standard InChI is InChI=1S/C11H14ClNO/c12-10-3-1-2-8(4-10)9-5-11(7-14)13-6-9/h1-4,9,11,13-14H,5-7H2. The van der Waals surface area contributed by atoms with Gasteiger partial charge in [-0.25, -0.2) is 0 Å². The van der Waals surface area contributed by atoms with E-state index in [4.69, 9.17) is 16.7 Å². The van der Waals surface area contributed by atoms with E-state index in [0.29, 0.717) is 5.92 Å². The van der Waals surface area contributed by atoms with Crippen LogP contribution < -0.4 is 5.32 Å². The Kier molecular flexibility index (Phi) is 3.06. The van der Waals surface area contributed by atoms with Crippen LogP contribution in [0.25, 0.3) is 0 Å². The van der Waals surface area contributed by atoms with Gasteiger partial charge in [0.05, 0.1) is 6.61 Å². The molecule has 2 unspecified atom stereocenters. The van der Waals surface area contributed by atoms with Crippen molar-refractivity contribution in [1.29, 1.82) is 0 Å². The van der Waals surface area contributed by atoms with Crippen LogP contribution >= 0.6 is 11.6 Å². The number of aliphatic hydroxyl groups excluding tert-OH is 1. The van der Waals surface area contributed by atoms with E-state index in [9.17, 15) is 0 Å². The maximum absolute atomic E-state index is 9.00. The summed E-state index contributed by atoms with van der Waals surface area (Å²) in [4.78, 5) is 0. The first kappa shape index (κ1) is 9.97. The van der Waals surface area contributed by atoms with Crippen molar-refractivity contribution in [3.63, 3.8) is 0 Å². The molecule has 1 heterocycles. The summed E-state index contributed by atoms with van der Waals surface area (Å²) in [6, 6.07) is 8.21. The smallest absolute Gasteiger partial charge is 0.0584 e. The van der Waals surface area contributed by atoms with E-state index < -0.39 is 0 Å². The molecule has 0 amide bonds. The summed E-state index contributed by atoms with van der Waals surface area (Å²) in [6.07, 6.45) is 0.997. The zero-order chi connectivity index (χ0) is 9.97. The monoisotopic (exact) mass is 211 g/mol. The van der Waals surface area contributed by atoms with Crippen LogP contribution in [0.1, 0.15) is 17.9 Å². The minimum absolute atomic E-state index is 0.219. The molecule has 1 aromatic carbocycles. The van der Waals surface area contributed by atoms with Crippen LogP contribution in [0.15, 0.2) is 24.3 Å². The van der Waals surface area contributed by atoms with E-state index >= 15 is 0 Å². The van der Waals surface area contributed by atoms with Crippen LogP contribution in [0.4, 0.5) is 0 Å². The van der Waals surface area contributed by atoms with Crippen LogP contribution in [0.3, 0.4) is 0 Å². The zero-order valence-electron chi connectivity index (χ0n) is 7.91. The van der Waals surface area contributed by atoms with Crippen molar-refractivity contribution < 1.29 is 5.11 Å². The molecule has 14 heavy (non-hydrogen) atoms. The molecule has 0 radical (unpaired) electrons. The third-order valence-corrected chi connectivity index (χ3v) is 3.00. The SMILES string of the molecule is OCC1CC(c2cccc(Cl)c2)CN1. The molecule has 2 nitrogen and oxygen atoms in total. The largest absolute Gasteiger partial charge is 0.395 e. The molecule has 0 aliphatic carbocycles. The number of hydrogen-bond acceptors (Lipinski definition) is 2. The fourth-order valence-corrected chi connectivity index (χ4v) is 2.17. The van der Waals surface area contributed by atoms with Crippen molar-refractivity contribution in [2.24, 2.45) is 0 Å². The molecular formula is C11H14ClNO. The van der Waals surface area contributed by atoms with E-state index in [2.05, 4.69) is 11.4 Å². The zero-order valence-corrected chi connectivity index (χ0v) is 8.67. The number of rotatable bonds is 2. The second-order valence-electron chi connectivity index (χ2n) is 3.78. The van der Waals surface area contributed by atoms with Crippen LogP contribution in [0, 0.1) is 0 Å². The molecule has 1 aliphatic heterocycles. The number of halogens is 1. The Labute approximate surface area is 88.9 Å². The summed E-state index contributed by atoms with van der Waals surface area (Å²) in [7, 11) is 0. The minimum Gasteiger partial charge on any atom is -0.395 e. The Balaban J connectivity index is 2.09. The summed E-state index contributed by atoms with van der Waals surface area (Å²) in [5.74, 6) is 0.492. The summed E-state index contributed by atoms with van der Waals surface area (Å²) in [5.41, 5.74) is 1.26. The predicted octanol–water partition coefficient (Wildman–Crippen LogP) is 1.78. The maximum atomic E-state index is 9.00. The minimum atomic E-state index is 0.219. The van der Waals surface area contributed by atoms with Gasteiger partial charge < -0.3 is 10.4 Å². The lowest BCUT2D eigenvalue weighted by Crippen LogP contribution is -2.24. The van der Waals surface area contributed by atoms with Gasteiger partial charge in [-0.3, -0.25) is 0 Å². The normalized spacial score (nSPS) is 26.7. The highest BCUT2D eigenvalue weighted by Gasteiger charge is 2.24. The first-order valence-corrected chi connectivity index (χ1v) is 5.27. The van der Waals surface area contributed by atoms with Crippen molar-refractivity contribution in [2.75, 3.05) is 13.2 Å². The van der Waals surface area contributed by atoms with Crippen molar-refractivity contribution in [1.82, 2.24) is 5.32 Å². The number of benzene rings is 1. The van der Waals surface area contributed by atoms with E-state index in [0.717, 1.165) is 18.0 Å². The first-order chi connectivity index (χ1) is 6.79. The second kappa shape index (κ2) is 4.30. The quantitative estimate of drug-likeness (QED) is 0.782. The first-order valence-electron chi connectivity index (χ1n) is 4.89. The highest BCUT2D eigenvalue weighted by molar-refractivity contribution is 6.30. The molecule has 2 atom stereocenters. The molecule has 0 spiro atoms. The van der Waals surface area contributed by atoms with Crippen molar-refractivity contribution in [3.05, 3.63) is 34.9 Å². The molecule has 2 N–H and O–H groups in total. The molecule has 2 rings (SSSR count). The molecule has 0 saturated carbocycles. The van der Waals surface area contributed by atoms with Gasteiger partial charge in [0.1, 0.15) is 0 Å². The Morgan fingerprint density at radius 3 is 3.00 bits per heavy atom. The van der Waals surface area contributed by atoms with E-state index in [-0.39, 0.29) is 12.6 Å². The summed E-state index contributed by atoms with van der Waals surface area (Å²) in [6.45, 7) is 1.16. The lowest BCUT2D eigenvalue weighted by molar-refractivity contribution is 0.254. The molecule has 0 aromatic heterocycles. The highest BCUT2D eigenvalue weighted by Crippen LogP contribution is 2.27. The van der Waals surface area contributed by atoms with Gasteiger partial charge in [0, 0.05) is 17.6 Å². The van der Waals surface area contributed by atoms with Crippen LogP contribution in [-0.2, 0) is 0 Å². The van der Waals surface area contributed by atoms with Crippen molar-refractivity contribution in [3.8, 4) is 0 Å². The van der Waals surface area contributed by atoms with Gasteiger partial charge in [-0.1, -0.05) is 23.7 Å². The lowest BCUT2D eigenvalue weighted by atomic mass is 9.97. The van der Waals surface area contributed by atoms with Gasteiger partial charge in [0.2, 0.25) is 0 Å². The van der Waals surface area contributed by atoms with Gasteiger partial charge in [0.25, 0.3) is 0 Å². The summed E-state index contributed by atoms with van der Waals surface area (Å²) >= 11 is 5.92. The second-order valence-corrected chi connectivity index (χ2v) is 4.21. The van der Waals surface area contributed by atoms with Crippen LogP contribution in [0.5, 0.6) is 0 Å². The molecule has 3 heteroatoms. The van der Waals surface area contributed by atoms with Gasteiger partial charge >= 0.3 is 0 Å². The van der Waals surface area contributed by atoms with E-state index in [1.807, 2.05) is 18.2 Å². The fourth-order valence-electron chi connectivity index (χ4n) is 1.97. The Morgan fingerprint density at radius 2 is 2.36 bits per heavy atom. The van der Waals surface area contributed by atoms with Crippen LogP contribution in [-0.4, -0.2) is 24.3 Å². The number of aliphatic hydroxyl groups is 1. The molecular weight excluding hydrogens is 198 g/mol. The molecule has 76 valence electrons. The Morgan fingerprint density at radius 1 is 1.50 bits per heavy atom. The number of nitrogens with one attached hydrogen (secondary N) is 1. The van der Waals surface area contributed by atoms with Gasteiger partial charge in [-0.2, -0.15) is 0 Å². The summed E-state index contributed by atoms with van der Waals surface area (Å²) in [5, 5.41) is 13.1. The van der Waals surface area contributed by atoms with E-state index in [1.165, 1.54) is 5.56 Å². The van der Waals surface area contributed by atoms with Gasteiger partial charge in [-0.05, 0) is 30.0 Å². The molecule has 1 aromatic rings. The lowest BCUT2D eigenvalue weighted by Gasteiger charge is -2.09. The third kappa shape index (κ3) is 2.08. The molecule has 1 aliphatic rings. The van der Waals surface area contributed by atoms with Crippen molar-refractivity contribution in [2.45, 2.75) is 18.4 Å². The Bertz CT molecular complexity index is 316. The highest BCUT2D eigenvalue weighted by atomic mass is 35.5. The fraction of sp³-hybridized carbons (Fsp3) is 0.455. The van der Waals surface area contributed by atoms with Gasteiger partial charge in [0.15, 0.2) is 0 Å². The van der Waals surface area contributed by atoms with Crippen molar-refractivity contribution >= 4 is 11.6 Å².